The summed E-state index contributed by atoms with van der Waals surface area (Å²) in [6.45, 7) is 4.82. The molecule has 2 saturated heterocycles. The first-order chi connectivity index (χ1) is 19.7. The van der Waals surface area contributed by atoms with E-state index in [-0.39, 0.29) is 0 Å². The Morgan fingerprint density at radius 1 is 0.643 bits per heavy atom. The van der Waals surface area contributed by atoms with E-state index in [1.807, 2.05) is 0 Å². The van der Waals surface area contributed by atoms with Crippen LogP contribution in [0.25, 0.3) is 0 Å². The molecule has 238 valence electrons. The van der Waals surface area contributed by atoms with Crippen LogP contribution in [0.3, 0.4) is 0 Å². The molecular formula is C25H36FNO15. The zero-order valence-corrected chi connectivity index (χ0v) is 24.2. The van der Waals surface area contributed by atoms with E-state index in [0.717, 1.165) is 41.5 Å². The Labute approximate surface area is 240 Å². The minimum Gasteiger partial charge on any atom is -0.463 e. The van der Waals surface area contributed by atoms with E-state index in [2.05, 4.69) is 5.32 Å². The fourth-order valence-corrected chi connectivity index (χ4v) is 4.56. The van der Waals surface area contributed by atoms with Crippen molar-refractivity contribution >= 4 is 35.8 Å². The summed E-state index contributed by atoms with van der Waals surface area (Å²) in [6.07, 6.45) is -13.2. The summed E-state index contributed by atoms with van der Waals surface area (Å²) in [5, 5.41) is 2.52. The Morgan fingerprint density at radius 3 is 1.57 bits per heavy atom. The molecule has 42 heavy (non-hydrogen) atoms. The summed E-state index contributed by atoms with van der Waals surface area (Å²) in [5.74, 6) is -4.73. The number of esters is 5. The van der Waals surface area contributed by atoms with E-state index in [1.165, 1.54) is 7.11 Å². The van der Waals surface area contributed by atoms with Gasteiger partial charge < -0.3 is 47.9 Å². The summed E-state index contributed by atoms with van der Waals surface area (Å²) < 4.78 is 63.4. The second kappa shape index (κ2) is 15.7. The van der Waals surface area contributed by atoms with Gasteiger partial charge in [0.05, 0.1) is 0 Å². The minimum atomic E-state index is -1.63. The van der Waals surface area contributed by atoms with Gasteiger partial charge in [0.15, 0.2) is 43.1 Å². The molecule has 2 heterocycles. The normalized spacial score (nSPS) is 32.6. The molecule has 1 amide bonds. The first kappa shape index (κ1) is 34.8. The highest BCUT2D eigenvalue weighted by Gasteiger charge is 2.56. The highest BCUT2D eigenvalue weighted by atomic mass is 19.1. The first-order valence-corrected chi connectivity index (χ1v) is 12.8. The van der Waals surface area contributed by atoms with Crippen molar-refractivity contribution in [3.63, 3.8) is 0 Å². The zero-order chi connectivity index (χ0) is 31.7. The number of methoxy groups -OCH3 is 1. The van der Waals surface area contributed by atoms with Crippen LogP contribution >= 0.6 is 0 Å². The standard InChI is InChI=1S/C25H36FNO15/c1-10(28)27-18-21(38-14(5)32)20(37-13(4)31)17(9-35-11(2)29)41-24(18)42-23-22(39-15(6)33)19(36-12(3)30)16(8-26)40-25(23)34-7/h16-25H,8-9H2,1-7H3,(H,27,28)/t16-,17-,18-,19-,20-,21-,22+,23+,24+,25+/m1/s1. The number of hydrogen-bond donors (Lipinski definition) is 1. The van der Waals surface area contributed by atoms with Crippen LogP contribution in [0.4, 0.5) is 4.39 Å². The summed E-state index contributed by atoms with van der Waals surface area (Å²) in [6, 6.07) is -1.40. The van der Waals surface area contributed by atoms with E-state index in [0.29, 0.717) is 0 Å². The lowest BCUT2D eigenvalue weighted by Crippen LogP contribution is -2.69. The molecule has 10 atom stereocenters. The Kier molecular flexibility index (Phi) is 13.0. The Morgan fingerprint density at radius 2 is 1.12 bits per heavy atom. The van der Waals surface area contributed by atoms with Gasteiger partial charge in [-0.1, -0.05) is 0 Å². The molecule has 2 aliphatic rings. The van der Waals surface area contributed by atoms with Crippen LogP contribution in [0.5, 0.6) is 0 Å². The van der Waals surface area contributed by atoms with Crippen LogP contribution in [0, 0.1) is 0 Å². The van der Waals surface area contributed by atoms with E-state index in [1.54, 1.807) is 0 Å². The molecule has 17 heteroatoms. The molecule has 1 N–H and O–H groups in total. The second-order valence-corrected chi connectivity index (χ2v) is 9.40. The maximum absolute atomic E-state index is 14.0. The van der Waals surface area contributed by atoms with Gasteiger partial charge in [-0.3, -0.25) is 28.8 Å². The number of carbonyl (C=O) groups is 6. The van der Waals surface area contributed by atoms with Crippen molar-refractivity contribution in [1.82, 2.24) is 5.32 Å². The largest absolute Gasteiger partial charge is 0.463 e. The number of amides is 1. The number of hydrogen-bond acceptors (Lipinski definition) is 15. The zero-order valence-electron chi connectivity index (χ0n) is 24.2. The predicted octanol–water partition coefficient (Wildman–Crippen LogP) is -0.768. The number of nitrogens with one attached hydrogen (secondary N) is 1. The summed E-state index contributed by atoms with van der Waals surface area (Å²) in [5.41, 5.74) is 0. The number of ether oxygens (including phenoxy) is 9. The summed E-state index contributed by atoms with van der Waals surface area (Å²) in [7, 11) is 1.18. The molecule has 2 aliphatic heterocycles. The summed E-state index contributed by atoms with van der Waals surface area (Å²) in [4.78, 5) is 71.8. The predicted molar refractivity (Wildman–Crippen MR) is 132 cm³/mol. The molecule has 0 aliphatic carbocycles. The molecule has 0 aromatic rings. The lowest BCUT2D eigenvalue weighted by molar-refractivity contribution is -0.352. The lowest BCUT2D eigenvalue weighted by Gasteiger charge is -2.48. The van der Waals surface area contributed by atoms with Gasteiger partial charge in [-0.05, 0) is 0 Å². The van der Waals surface area contributed by atoms with Gasteiger partial charge in [-0.2, -0.15) is 0 Å². The van der Waals surface area contributed by atoms with Crippen LogP contribution in [0.1, 0.15) is 41.5 Å². The van der Waals surface area contributed by atoms with Gasteiger partial charge in [-0.15, -0.1) is 0 Å². The average molecular weight is 610 g/mol. The van der Waals surface area contributed by atoms with Gasteiger partial charge in [-0.25, -0.2) is 4.39 Å². The smallest absolute Gasteiger partial charge is 0.303 e. The Balaban J connectivity index is 2.62. The van der Waals surface area contributed by atoms with Crippen LogP contribution in [-0.4, -0.2) is 117 Å². The van der Waals surface area contributed by atoms with Crippen molar-refractivity contribution in [3.8, 4) is 0 Å². The third-order valence-corrected chi connectivity index (χ3v) is 5.94. The molecule has 0 aromatic heterocycles. The molecule has 0 bridgehead atoms. The molecule has 0 aromatic carbocycles. The quantitative estimate of drug-likeness (QED) is 0.226. The Bertz CT molecular complexity index is 1010. The van der Waals surface area contributed by atoms with Gasteiger partial charge in [0.2, 0.25) is 5.91 Å². The molecule has 16 nitrogen and oxygen atoms in total. The van der Waals surface area contributed by atoms with Gasteiger partial charge >= 0.3 is 29.8 Å². The maximum Gasteiger partial charge on any atom is 0.303 e. The third-order valence-electron chi connectivity index (χ3n) is 5.94. The van der Waals surface area contributed by atoms with E-state index >= 15 is 0 Å². The topological polar surface area (TPSA) is 198 Å². The van der Waals surface area contributed by atoms with Crippen molar-refractivity contribution in [2.45, 2.75) is 103 Å². The van der Waals surface area contributed by atoms with Crippen molar-refractivity contribution in [2.24, 2.45) is 0 Å². The number of carbonyl (C=O) groups excluding carboxylic acids is 6. The molecule has 0 saturated carbocycles. The van der Waals surface area contributed by atoms with E-state index in [9.17, 15) is 33.2 Å². The van der Waals surface area contributed by atoms with Gasteiger partial charge in [0, 0.05) is 48.7 Å². The van der Waals surface area contributed by atoms with Crippen LogP contribution in [-0.2, 0) is 71.4 Å². The minimum absolute atomic E-state index is 0.514. The second-order valence-electron chi connectivity index (χ2n) is 9.40. The van der Waals surface area contributed by atoms with Gasteiger partial charge in [0.1, 0.15) is 31.5 Å². The van der Waals surface area contributed by atoms with Crippen molar-refractivity contribution in [2.75, 3.05) is 20.4 Å². The first-order valence-electron chi connectivity index (χ1n) is 12.8. The number of alkyl halides is 1. The molecule has 0 radical (unpaired) electrons. The average Bonchev–Trinajstić information content (AvgIpc) is 2.86. The van der Waals surface area contributed by atoms with Crippen LogP contribution < -0.4 is 5.32 Å². The third kappa shape index (κ3) is 9.57. The van der Waals surface area contributed by atoms with Crippen LogP contribution in [0.15, 0.2) is 0 Å². The fraction of sp³-hybridized carbons (Fsp3) is 0.760. The number of rotatable bonds is 11. The van der Waals surface area contributed by atoms with Crippen molar-refractivity contribution in [1.29, 1.82) is 0 Å². The molecule has 0 spiro atoms. The van der Waals surface area contributed by atoms with Crippen molar-refractivity contribution in [3.05, 3.63) is 0 Å². The maximum atomic E-state index is 14.0. The highest BCUT2D eigenvalue weighted by Crippen LogP contribution is 2.34. The summed E-state index contributed by atoms with van der Waals surface area (Å²) >= 11 is 0. The Hall–Kier alpha value is -3.41. The fourth-order valence-electron chi connectivity index (χ4n) is 4.56. The molecule has 0 unspecified atom stereocenters. The van der Waals surface area contributed by atoms with Crippen molar-refractivity contribution < 1.29 is 75.8 Å². The molecular weight excluding hydrogens is 573 g/mol. The van der Waals surface area contributed by atoms with E-state index < -0.39 is 110 Å². The van der Waals surface area contributed by atoms with E-state index in [4.69, 9.17) is 42.6 Å². The van der Waals surface area contributed by atoms with Crippen LogP contribution in [0.2, 0.25) is 0 Å². The molecule has 2 fully saturated rings. The lowest BCUT2D eigenvalue weighted by atomic mass is 9.95. The monoisotopic (exact) mass is 609 g/mol. The number of halogens is 1. The highest BCUT2D eigenvalue weighted by molar-refractivity contribution is 5.74. The SMILES string of the molecule is CO[C@H]1O[C@H](CF)[C@@H](OC(C)=O)[C@H](OC(C)=O)[C@@H]1O[C@@H]1O[C@H](COC(C)=O)[C@@H](OC(C)=O)[C@H](OC(C)=O)[C@H]1NC(C)=O. The van der Waals surface area contributed by atoms with Gasteiger partial charge in [0.25, 0.3) is 0 Å². The molecule has 2 rings (SSSR count).